The van der Waals surface area contributed by atoms with Gasteiger partial charge in [-0.05, 0) is 24.3 Å². The summed E-state index contributed by atoms with van der Waals surface area (Å²) in [6.45, 7) is 0. The van der Waals surface area contributed by atoms with Crippen molar-refractivity contribution < 1.29 is 4.39 Å². The summed E-state index contributed by atoms with van der Waals surface area (Å²) >= 11 is 0. The number of rotatable bonds is 2. The first-order chi connectivity index (χ1) is 7.70. The molecule has 0 spiro atoms. The molecule has 0 saturated carbocycles. The summed E-state index contributed by atoms with van der Waals surface area (Å²) < 4.78 is 13.5. The van der Waals surface area contributed by atoms with Crippen molar-refractivity contribution in [3.63, 3.8) is 0 Å². The second kappa shape index (κ2) is 4.18. The Labute approximate surface area is 93.3 Å². The number of nitrogens with two attached hydrogens (primary N) is 1. The van der Waals surface area contributed by atoms with Crippen LogP contribution in [0.25, 0.3) is 0 Å². The van der Waals surface area contributed by atoms with Crippen LogP contribution >= 0.6 is 0 Å². The molecule has 0 saturated heterocycles. The average Bonchev–Trinajstić information content (AvgIpc) is 2.29. The van der Waals surface area contributed by atoms with E-state index in [-0.39, 0.29) is 5.82 Å². The van der Waals surface area contributed by atoms with Crippen LogP contribution in [-0.4, -0.2) is 12.0 Å². The summed E-state index contributed by atoms with van der Waals surface area (Å²) in [6, 6.07) is 9.99. The van der Waals surface area contributed by atoms with Crippen molar-refractivity contribution in [1.82, 2.24) is 4.98 Å². The summed E-state index contributed by atoms with van der Waals surface area (Å²) in [5.74, 6) is 0.252. The predicted molar refractivity (Wildman–Crippen MR) is 63.1 cm³/mol. The first kappa shape index (κ1) is 10.4. The van der Waals surface area contributed by atoms with Gasteiger partial charge in [-0.2, -0.15) is 0 Å². The Balaban J connectivity index is 2.44. The molecule has 1 aromatic heterocycles. The van der Waals surface area contributed by atoms with Gasteiger partial charge in [0.25, 0.3) is 0 Å². The normalized spacial score (nSPS) is 10.1. The molecule has 0 unspecified atom stereocenters. The monoisotopic (exact) mass is 217 g/mol. The Bertz CT molecular complexity index is 454. The van der Waals surface area contributed by atoms with Gasteiger partial charge in [0, 0.05) is 13.2 Å². The van der Waals surface area contributed by atoms with Gasteiger partial charge in [0.15, 0.2) is 5.82 Å². The summed E-state index contributed by atoms with van der Waals surface area (Å²) in [5.41, 5.74) is 6.76. The maximum absolute atomic E-state index is 13.5. The molecular weight excluding hydrogens is 205 g/mol. The van der Waals surface area contributed by atoms with Crippen LogP contribution in [0, 0.1) is 5.82 Å². The highest BCUT2D eigenvalue weighted by Crippen LogP contribution is 2.27. The number of pyridine rings is 1. The summed E-state index contributed by atoms with van der Waals surface area (Å²) in [7, 11) is 1.73. The fourth-order valence-electron chi connectivity index (χ4n) is 1.53. The van der Waals surface area contributed by atoms with E-state index in [0.29, 0.717) is 17.2 Å². The predicted octanol–water partition coefficient (Wildman–Crippen LogP) is 2.57. The number of nitrogen functional groups attached to an aromatic ring is 1. The van der Waals surface area contributed by atoms with Crippen LogP contribution < -0.4 is 10.6 Å². The van der Waals surface area contributed by atoms with E-state index in [9.17, 15) is 4.39 Å². The molecule has 82 valence electrons. The van der Waals surface area contributed by atoms with Crippen LogP contribution in [0.4, 0.5) is 21.6 Å². The SMILES string of the molecule is CN(c1ccccc1F)c1ncccc1N. The minimum atomic E-state index is -0.296. The zero-order chi connectivity index (χ0) is 11.5. The molecule has 0 radical (unpaired) electrons. The summed E-state index contributed by atoms with van der Waals surface area (Å²) in [5, 5.41) is 0. The number of hydrogen-bond acceptors (Lipinski definition) is 3. The third kappa shape index (κ3) is 1.82. The van der Waals surface area contributed by atoms with E-state index in [0.717, 1.165) is 0 Å². The van der Waals surface area contributed by atoms with Gasteiger partial charge >= 0.3 is 0 Å². The largest absolute Gasteiger partial charge is 0.396 e. The Morgan fingerprint density at radius 2 is 1.94 bits per heavy atom. The minimum absolute atomic E-state index is 0.296. The fourth-order valence-corrected chi connectivity index (χ4v) is 1.53. The Morgan fingerprint density at radius 1 is 1.19 bits per heavy atom. The van der Waals surface area contributed by atoms with Crippen LogP contribution in [0.15, 0.2) is 42.6 Å². The van der Waals surface area contributed by atoms with Crippen molar-refractivity contribution in [2.45, 2.75) is 0 Å². The van der Waals surface area contributed by atoms with Gasteiger partial charge in [0.2, 0.25) is 0 Å². The van der Waals surface area contributed by atoms with Gasteiger partial charge in [-0.1, -0.05) is 12.1 Å². The zero-order valence-corrected chi connectivity index (χ0v) is 8.89. The lowest BCUT2D eigenvalue weighted by Crippen LogP contribution is -2.14. The number of nitrogens with zero attached hydrogens (tertiary/aromatic N) is 2. The summed E-state index contributed by atoms with van der Waals surface area (Å²) in [4.78, 5) is 5.76. The van der Waals surface area contributed by atoms with E-state index in [4.69, 9.17) is 5.73 Å². The Hall–Kier alpha value is -2.10. The van der Waals surface area contributed by atoms with E-state index in [1.165, 1.54) is 6.07 Å². The van der Waals surface area contributed by atoms with Crippen LogP contribution in [0.2, 0.25) is 0 Å². The van der Waals surface area contributed by atoms with Gasteiger partial charge in [0.1, 0.15) is 5.82 Å². The first-order valence-corrected chi connectivity index (χ1v) is 4.89. The number of aromatic nitrogens is 1. The van der Waals surface area contributed by atoms with Crippen LogP contribution in [0.5, 0.6) is 0 Å². The Kier molecular flexibility index (Phi) is 2.72. The van der Waals surface area contributed by atoms with Crippen LogP contribution in [0.3, 0.4) is 0 Å². The second-order valence-corrected chi connectivity index (χ2v) is 3.43. The topological polar surface area (TPSA) is 42.2 Å². The molecule has 16 heavy (non-hydrogen) atoms. The van der Waals surface area contributed by atoms with Crippen molar-refractivity contribution >= 4 is 17.2 Å². The molecule has 1 heterocycles. The molecule has 0 bridgehead atoms. The molecule has 2 aromatic rings. The molecule has 1 aromatic carbocycles. The third-order valence-corrected chi connectivity index (χ3v) is 2.35. The highest BCUT2D eigenvalue weighted by Gasteiger charge is 2.11. The quantitative estimate of drug-likeness (QED) is 0.840. The van der Waals surface area contributed by atoms with Gasteiger partial charge in [-0.15, -0.1) is 0 Å². The van der Waals surface area contributed by atoms with E-state index >= 15 is 0 Å². The van der Waals surface area contributed by atoms with Crippen LogP contribution in [0.1, 0.15) is 0 Å². The lowest BCUT2D eigenvalue weighted by atomic mass is 10.2. The lowest BCUT2D eigenvalue weighted by molar-refractivity contribution is 0.627. The number of anilines is 3. The number of para-hydroxylation sites is 1. The molecule has 0 amide bonds. The molecule has 0 aliphatic carbocycles. The van der Waals surface area contributed by atoms with Gasteiger partial charge < -0.3 is 10.6 Å². The van der Waals surface area contributed by atoms with Crippen molar-refractivity contribution in [3.8, 4) is 0 Å². The highest BCUT2D eigenvalue weighted by atomic mass is 19.1. The molecule has 2 N–H and O–H groups in total. The highest BCUT2D eigenvalue weighted by molar-refractivity contribution is 5.70. The fraction of sp³-hybridized carbons (Fsp3) is 0.0833. The third-order valence-electron chi connectivity index (χ3n) is 2.35. The number of halogens is 1. The molecule has 0 aliphatic rings. The maximum Gasteiger partial charge on any atom is 0.156 e. The van der Waals surface area contributed by atoms with Gasteiger partial charge in [-0.25, -0.2) is 9.37 Å². The van der Waals surface area contributed by atoms with E-state index in [2.05, 4.69) is 4.98 Å². The van der Waals surface area contributed by atoms with E-state index in [1.807, 2.05) is 0 Å². The molecule has 2 rings (SSSR count). The molecule has 0 atom stereocenters. The first-order valence-electron chi connectivity index (χ1n) is 4.89. The lowest BCUT2D eigenvalue weighted by Gasteiger charge is -2.20. The molecular formula is C12H12FN3. The Morgan fingerprint density at radius 3 is 2.62 bits per heavy atom. The molecule has 4 heteroatoms. The zero-order valence-electron chi connectivity index (χ0n) is 8.89. The summed E-state index contributed by atoms with van der Waals surface area (Å²) in [6.07, 6.45) is 1.63. The smallest absolute Gasteiger partial charge is 0.156 e. The van der Waals surface area contributed by atoms with Crippen LogP contribution in [-0.2, 0) is 0 Å². The van der Waals surface area contributed by atoms with E-state index in [1.54, 1.807) is 48.5 Å². The van der Waals surface area contributed by atoms with Crippen molar-refractivity contribution in [1.29, 1.82) is 0 Å². The van der Waals surface area contributed by atoms with Crippen molar-refractivity contribution in [3.05, 3.63) is 48.4 Å². The molecule has 0 fully saturated rings. The van der Waals surface area contributed by atoms with Crippen molar-refractivity contribution in [2.24, 2.45) is 0 Å². The molecule has 3 nitrogen and oxygen atoms in total. The average molecular weight is 217 g/mol. The van der Waals surface area contributed by atoms with Crippen molar-refractivity contribution in [2.75, 3.05) is 17.7 Å². The second-order valence-electron chi connectivity index (χ2n) is 3.43. The minimum Gasteiger partial charge on any atom is -0.396 e. The maximum atomic E-state index is 13.5. The molecule has 0 aliphatic heterocycles. The van der Waals surface area contributed by atoms with E-state index < -0.39 is 0 Å². The standard InChI is InChI=1S/C12H12FN3/c1-16(11-7-3-2-5-9(11)13)12-10(14)6-4-8-15-12/h2-8H,14H2,1H3. The van der Waals surface area contributed by atoms with Gasteiger partial charge in [0.05, 0.1) is 11.4 Å². The van der Waals surface area contributed by atoms with Gasteiger partial charge in [-0.3, -0.25) is 0 Å². The number of hydrogen-bond donors (Lipinski definition) is 1. The number of benzene rings is 1.